The van der Waals surface area contributed by atoms with Crippen LogP contribution in [0.3, 0.4) is 0 Å². The zero-order valence-corrected chi connectivity index (χ0v) is 12.7. The van der Waals surface area contributed by atoms with Gasteiger partial charge in [0.15, 0.2) is 6.04 Å². The lowest BCUT2D eigenvalue weighted by Crippen LogP contribution is -2.23. The van der Waals surface area contributed by atoms with Crippen molar-refractivity contribution >= 4 is 11.7 Å². The number of esters is 1. The molecule has 0 spiro atoms. The normalized spacial score (nSPS) is 11.8. The molecule has 0 amide bonds. The molecule has 1 atom stereocenters. The molecule has 2 aromatic carbocycles. The molecule has 2 aromatic rings. The Morgan fingerprint density at radius 2 is 1.86 bits per heavy atom. The number of rotatable bonds is 5. The predicted molar refractivity (Wildman–Crippen MR) is 85.4 cm³/mol. The Kier molecular flexibility index (Phi) is 4.99. The first-order chi connectivity index (χ1) is 10.1. The molecular formula is C18H21NO2. The molecule has 3 nitrogen and oxygen atoms in total. The average molecular weight is 283 g/mol. The van der Waals surface area contributed by atoms with Crippen molar-refractivity contribution in [3.63, 3.8) is 0 Å². The smallest absolute Gasteiger partial charge is 0.333 e. The first kappa shape index (κ1) is 15.1. The monoisotopic (exact) mass is 283 g/mol. The van der Waals surface area contributed by atoms with E-state index in [9.17, 15) is 4.79 Å². The van der Waals surface area contributed by atoms with Gasteiger partial charge in [0.25, 0.3) is 0 Å². The summed E-state index contributed by atoms with van der Waals surface area (Å²) in [5.41, 5.74) is 4.16. The minimum absolute atomic E-state index is 0.260. The highest BCUT2D eigenvalue weighted by Crippen LogP contribution is 2.24. The fourth-order valence-corrected chi connectivity index (χ4v) is 2.28. The van der Waals surface area contributed by atoms with Gasteiger partial charge in [-0.2, -0.15) is 0 Å². The third-order valence-electron chi connectivity index (χ3n) is 3.34. The van der Waals surface area contributed by atoms with Crippen LogP contribution in [0.1, 0.15) is 29.7 Å². The van der Waals surface area contributed by atoms with E-state index >= 15 is 0 Å². The Morgan fingerprint density at radius 1 is 1.14 bits per heavy atom. The van der Waals surface area contributed by atoms with Gasteiger partial charge in [-0.25, -0.2) is 4.79 Å². The number of hydrogen-bond donors (Lipinski definition) is 1. The van der Waals surface area contributed by atoms with Crippen LogP contribution < -0.4 is 5.32 Å². The Morgan fingerprint density at radius 3 is 2.48 bits per heavy atom. The van der Waals surface area contributed by atoms with Crippen LogP contribution >= 0.6 is 0 Å². The van der Waals surface area contributed by atoms with Gasteiger partial charge in [-0.15, -0.1) is 0 Å². The van der Waals surface area contributed by atoms with Crippen LogP contribution in [-0.4, -0.2) is 12.6 Å². The number of carbonyl (C=O) groups is 1. The molecule has 1 unspecified atom stereocenters. The predicted octanol–water partition coefficient (Wildman–Crippen LogP) is 4.02. The lowest BCUT2D eigenvalue weighted by Gasteiger charge is -2.20. The van der Waals surface area contributed by atoms with Gasteiger partial charge in [-0.05, 0) is 38.0 Å². The van der Waals surface area contributed by atoms with Crippen molar-refractivity contribution in [3.05, 3.63) is 65.2 Å². The topological polar surface area (TPSA) is 38.3 Å². The average Bonchev–Trinajstić information content (AvgIpc) is 2.47. The molecule has 3 heteroatoms. The van der Waals surface area contributed by atoms with Crippen molar-refractivity contribution in [2.75, 3.05) is 11.9 Å². The van der Waals surface area contributed by atoms with Crippen LogP contribution in [0.4, 0.5) is 5.69 Å². The summed E-state index contributed by atoms with van der Waals surface area (Å²) in [6, 6.07) is 15.3. The van der Waals surface area contributed by atoms with Crippen molar-refractivity contribution < 1.29 is 9.53 Å². The second kappa shape index (κ2) is 6.93. The second-order valence-electron chi connectivity index (χ2n) is 5.06. The van der Waals surface area contributed by atoms with Gasteiger partial charge in [-0.1, -0.05) is 48.0 Å². The molecule has 0 saturated carbocycles. The van der Waals surface area contributed by atoms with E-state index in [4.69, 9.17) is 4.74 Å². The Hall–Kier alpha value is -2.29. The van der Waals surface area contributed by atoms with E-state index < -0.39 is 6.04 Å². The van der Waals surface area contributed by atoms with Gasteiger partial charge in [0, 0.05) is 5.69 Å². The third kappa shape index (κ3) is 3.85. The molecule has 21 heavy (non-hydrogen) atoms. The van der Waals surface area contributed by atoms with Crippen LogP contribution in [-0.2, 0) is 9.53 Å². The SMILES string of the molecule is CCOC(=O)C(Nc1ccc(C)cc1C)c1ccccc1. The van der Waals surface area contributed by atoms with Gasteiger partial charge >= 0.3 is 5.97 Å². The maximum absolute atomic E-state index is 12.2. The lowest BCUT2D eigenvalue weighted by molar-refractivity contribution is -0.144. The van der Waals surface area contributed by atoms with Gasteiger partial charge < -0.3 is 10.1 Å². The summed E-state index contributed by atoms with van der Waals surface area (Å²) < 4.78 is 5.19. The fraction of sp³-hybridized carbons (Fsp3) is 0.278. The van der Waals surface area contributed by atoms with Crippen molar-refractivity contribution in [2.24, 2.45) is 0 Å². The quantitative estimate of drug-likeness (QED) is 0.842. The molecule has 0 heterocycles. The molecule has 0 aliphatic rings. The van der Waals surface area contributed by atoms with E-state index in [0.717, 1.165) is 16.8 Å². The Labute approximate surface area is 126 Å². The summed E-state index contributed by atoms with van der Waals surface area (Å²) in [7, 11) is 0. The van der Waals surface area contributed by atoms with Crippen LogP contribution in [0.25, 0.3) is 0 Å². The highest BCUT2D eigenvalue weighted by molar-refractivity contribution is 5.81. The van der Waals surface area contributed by atoms with Crippen LogP contribution in [0, 0.1) is 13.8 Å². The fourth-order valence-electron chi connectivity index (χ4n) is 2.28. The molecule has 0 aliphatic heterocycles. The summed E-state index contributed by atoms with van der Waals surface area (Å²) in [6.07, 6.45) is 0. The molecule has 0 aliphatic carbocycles. The van der Waals surface area contributed by atoms with E-state index in [1.165, 1.54) is 5.56 Å². The first-order valence-electron chi connectivity index (χ1n) is 7.17. The molecule has 110 valence electrons. The maximum atomic E-state index is 12.2. The van der Waals surface area contributed by atoms with E-state index in [1.807, 2.05) is 56.3 Å². The molecule has 0 aromatic heterocycles. The number of ether oxygens (including phenoxy) is 1. The van der Waals surface area contributed by atoms with Crippen molar-refractivity contribution in [1.82, 2.24) is 0 Å². The van der Waals surface area contributed by atoms with Crippen LogP contribution in [0.15, 0.2) is 48.5 Å². The van der Waals surface area contributed by atoms with E-state index in [0.29, 0.717) is 6.61 Å². The van der Waals surface area contributed by atoms with E-state index in [2.05, 4.69) is 18.3 Å². The van der Waals surface area contributed by atoms with E-state index in [-0.39, 0.29) is 5.97 Å². The Bertz CT molecular complexity index is 608. The molecular weight excluding hydrogens is 262 g/mol. The summed E-state index contributed by atoms with van der Waals surface area (Å²) in [5, 5.41) is 3.30. The van der Waals surface area contributed by atoms with Gasteiger partial charge in [0.2, 0.25) is 0 Å². The van der Waals surface area contributed by atoms with Crippen LogP contribution in [0.2, 0.25) is 0 Å². The number of carbonyl (C=O) groups excluding carboxylic acids is 1. The van der Waals surface area contributed by atoms with E-state index in [1.54, 1.807) is 0 Å². The molecule has 0 bridgehead atoms. The second-order valence-corrected chi connectivity index (χ2v) is 5.06. The lowest BCUT2D eigenvalue weighted by atomic mass is 10.0. The first-order valence-corrected chi connectivity index (χ1v) is 7.17. The van der Waals surface area contributed by atoms with Gasteiger partial charge in [0.1, 0.15) is 0 Å². The number of benzene rings is 2. The van der Waals surface area contributed by atoms with Gasteiger partial charge in [-0.3, -0.25) is 0 Å². The van der Waals surface area contributed by atoms with Crippen molar-refractivity contribution in [1.29, 1.82) is 0 Å². The minimum Gasteiger partial charge on any atom is -0.464 e. The summed E-state index contributed by atoms with van der Waals surface area (Å²) >= 11 is 0. The summed E-state index contributed by atoms with van der Waals surface area (Å²) in [5.74, 6) is -0.260. The minimum atomic E-state index is -0.493. The van der Waals surface area contributed by atoms with Crippen molar-refractivity contribution in [2.45, 2.75) is 26.8 Å². The van der Waals surface area contributed by atoms with Crippen LogP contribution in [0.5, 0.6) is 0 Å². The zero-order valence-electron chi connectivity index (χ0n) is 12.7. The molecule has 0 radical (unpaired) electrons. The summed E-state index contributed by atoms with van der Waals surface area (Å²) in [6.45, 7) is 6.27. The van der Waals surface area contributed by atoms with Gasteiger partial charge in [0.05, 0.1) is 6.61 Å². The van der Waals surface area contributed by atoms with Crippen molar-refractivity contribution in [3.8, 4) is 0 Å². The third-order valence-corrected chi connectivity index (χ3v) is 3.34. The number of nitrogens with one attached hydrogen (secondary N) is 1. The highest BCUT2D eigenvalue weighted by Gasteiger charge is 2.22. The maximum Gasteiger partial charge on any atom is 0.333 e. The number of aryl methyl sites for hydroxylation is 2. The Balaban J connectivity index is 2.30. The molecule has 0 fully saturated rings. The number of hydrogen-bond acceptors (Lipinski definition) is 3. The highest BCUT2D eigenvalue weighted by atomic mass is 16.5. The standard InChI is InChI=1S/C18H21NO2/c1-4-21-18(20)17(15-8-6-5-7-9-15)19-16-11-10-13(2)12-14(16)3/h5-12,17,19H,4H2,1-3H3. The zero-order chi connectivity index (χ0) is 15.2. The number of anilines is 1. The largest absolute Gasteiger partial charge is 0.464 e. The molecule has 1 N–H and O–H groups in total. The molecule has 0 saturated heterocycles. The molecule has 2 rings (SSSR count). The summed E-state index contributed by atoms with van der Waals surface area (Å²) in [4.78, 5) is 12.2.